The molecular weight excluding hydrogens is 262 g/mol. The number of hydrogen-bond donors (Lipinski definition) is 1. The molecule has 1 aliphatic heterocycles. The third-order valence-electron chi connectivity index (χ3n) is 3.44. The predicted octanol–water partition coefficient (Wildman–Crippen LogP) is 2.18. The van der Waals surface area contributed by atoms with Crippen LogP contribution in [0.2, 0.25) is 0 Å². The van der Waals surface area contributed by atoms with E-state index in [0.717, 1.165) is 25.7 Å². The lowest BCUT2D eigenvalue weighted by molar-refractivity contribution is 0.230. The Morgan fingerprint density at radius 1 is 1.20 bits per heavy atom. The van der Waals surface area contributed by atoms with Crippen molar-refractivity contribution in [1.82, 2.24) is 9.88 Å². The molecule has 0 radical (unpaired) electrons. The van der Waals surface area contributed by atoms with Crippen LogP contribution in [0.5, 0.6) is 0 Å². The Morgan fingerprint density at radius 2 is 1.85 bits per heavy atom. The Kier molecular flexibility index (Phi) is 4.75. The second-order valence-electron chi connectivity index (χ2n) is 5.56. The normalized spacial score (nSPS) is 16.8. The first kappa shape index (κ1) is 15.0. The SMILES string of the molecule is CNc1nc(N2CCN(CC(C)C)CC2)c(F)cc1F. The number of piperazine rings is 1. The van der Waals surface area contributed by atoms with Crippen molar-refractivity contribution in [2.45, 2.75) is 13.8 Å². The predicted molar refractivity (Wildman–Crippen MR) is 77.2 cm³/mol. The summed E-state index contributed by atoms with van der Waals surface area (Å²) in [5.74, 6) is -0.310. The summed E-state index contributed by atoms with van der Waals surface area (Å²) in [5, 5.41) is 2.65. The standard InChI is InChI=1S/C14H22F2N4/c1-10(2)9-19-4-6-20(7-5-19)14-12(16)8-11(15)13(17-3)18-14/h8,10H,4-7,9H2,1-3H3,(H,17,18). The van der Waals surface area contributed by atoms with Gasteiger partial charge in [0.25, 0.3) is 0 Å². The van der Waals surface area contributed by atoms with Crippen molar-refractivity contribution in [2.75, 3.05) is 50.0 Å². The highest BCUT2D eigenvalue weighted by atomic mass is 19.1. The van der Waals surface area contributed by atoms with Crippen molar-refractivity contribution in [3.8, 4) is 0 Å². The molecule has 0 aliphatic carbocycles. The van der Waals surface area contributed by atoms with Crippen LogP contribution in [0.15, 0.2) is 6.07 Å². The highest BCUT2D eigenvalue weighted by Crippen LogP contribution is 2.23. The molecule has 1 aromatic heterocycles. The number of aromatic nitrogens is 1. The van der Waals surface area contributed by atoms with E-state index in [4.69, 9.17) is 0 Å². The van der Waals surface area contributed by atoms with Crippen LogP contribution in [-0.2, 0) is 0 Å². The number of rotatable bonds is 4. The van der Waals surface area contributed by atoms with Gasteiger partial charge >= 0.3 is 0 Å². The van der Waals surface area contributed by atoms with Gasteiger partial charge in [0.1, 0.15) is 0 Å². The zero-order chi connectivity index (χ0) is 14.7. The Balaban J connectivity index is 2.07. The number of nitrogens with one attached hydrogen (secondary N) is 1. The molecule has 1 saturated heterocycles. The number of anilines is 2. The lowest BCUT2D eigenvalue weighted by Gasteiger charge is -2.36. The highest BCUT2D eigenvalue weighted by molar-refractivity contribution is 5.49. The van der Waals surface area contributed by atoms with Gasteiger partial charge in [-0.25, -0.2) is 13.8 Å². The third-order valence-corrected chi connectivity index (χ3v) is 3.44. The molecule has 0 spiro atoms. The van der Waals surface area contributed by atoms with E-state index in [2.05, 4.69) is 29.0 Å². The summed E-state index contributed by atoms with van der Waals surface area (Å²) in [6.07, 6.45) is 0. The Labute approximate surface area is 118 Å². The van der Waals surface area contributed by atoms with E-state index < -0.39 is 11.6 Å². The van der Waals surface area contributed by atoms with Crippen molar-refractivity contribution in [1.29, 1.82) is 0 Å². The van der Waals surface area contributed by atoms with E-state index in [1.807, 2.05) is 4.90 Å². The Bertz CT molecular complexity index is 457. The van der Waals surface area contributed by atoms with Gasteiger partial charge in [0.2, 0.25) is 0 Å². The summed E-state index contributed by atoms with van der Waals surface area (Å²) in [4.78, 5) is 8.29. The van der Waals surface area contributed by atoms with E-state index in [0.29, 0.717) is 19.0 Å². The van der Waals surface area contributed by atoms with Crippen molar-refractivity contribution < 1.29 is 8.78 Å². The molecule has 0 atom stereocenters. The van der Waals surface area contributed by atoms with E-state index >= 15 is 0 Å². The molecule has 2 rings (SSSR count). The number of halogens is 2. The first-order valence-electron chi connectivity index (χ1n) is 7.02. The molecule has 0 unspecified atom stereocenters. The van der Waals surface area contributed by atoms with Gasteiger partial charge in [-0.05, 0) is 5.92 Å². The summed E-state index contributed by atoms with van der Waals surface area (Å²) < 4.78 is 27.3. The Hall–Kier alpha value is -1.43. The average Bonchev–Trinajstić information content (AvgIpc) is 2.39. The molecule has 1 aliphatic rings. The minimum absolute atomic E-state index is 0.0889. The van der Waals surface area contributed by atoms with E-state index in [9.17, 15) is 8.78 Å². The summed E-state index contributed by atoms with van der Waals surface area (Å²) >= 11 is 0. The maximum atomic E-state index is 13.9. The fraction of sp³-hybridized carbons (Fsp3) is 0.643. The van der Waals surface area contributed by atoms with Crippen LogP contribution >= 0.6 is 0 Å². The smallest absolute Gasteiger partial charge is 0.168 e. The van der Waals surface area contributed by atoms with E-state index in [1.54, 1.807) is 7.05 Å². The van der Waals surface area contributed by atoms with Crippen molar-refractivity contribution in [3.05, 3.63) is 17.7 Å². The molecular formula is C14H22F2N4. The molecule has 0 bridgehead atoms. The molecule has 2 heterocycles. The van der Waals surface area contributed by atoms with Crippen LogP contribution in [0.25, 0.3) is 0 Å². The summed E-state index contributed by atoms with van der Waals surface area (Å²) in [5.41, 5.74) is 0. The molecule has 112 valence electrons. The molecule has 6 heteroatoms. The summed E-state index contributed by atoms with van der Waals surface area (Å²) in [6, 6.07) is 0.897. The second-order valence-corrected chi connectivity index (χ2v) is 5.56. The zero-order valence-corrected chi connectivity index (χ0v) is 12.3. The van der Waals surface area contributed by atoms with Crippen LogP contribution in [0.1, 0.15) is 13.8 Å². The topological polar surface area (TPSA) is 31.4 Å². The molecule has 20 heavy (non-hydrogen) atoms. The Morgan fingerprint density at radius 3 is 2.40 bits per heavy atom. The minimum atomic E-state index is -0.660. The highest BCUT2D eigenvalue weighted by Gasteiger charge is 2.22. The fourth-order valence-electron chi connectivity index (χ4n) is 2.51. The summed E-state index contributed by atoms with van der Waals surface area (Å²) in [7, 11) is 1.58. The largest absolute Gasteiger partial charge is 0.371 e. The van der Waals surface area contributed by atoms with Crippen LogP contribution in [0.3, 0.4) is 0 Å². The molecule has 1 fully saturated rings. The van der Waals surface area contributed by atoms with Gasteiger partial charge in [-0.3, -0.25) is 4.90 Å². The van der Waals surface area contributed by atoms with Gasteiger partial charge in [0.15, 0.2) is 23.3 Å². The van der Waals surface area contributed by atoms with Crippen molar-refractivity contribution in [3.63, 3.8) is 0 Å². The molecule has 1 aromatic rings. The van der Waals surface area contributed by atoms with Crippen molar-refractivity contribution in [2.24, 2.45) is 5.92 Å². The molecule has 1 N–H and O–H groups in total. The lowest BCUT2D eigenvalue weighted by Crippen LogP contribution is -2.48. The number of pyridine rings is 1. The molecule has 0 amide bonds. The average molecular weight is 284 g/mol. The van der Waals surface area contributed by atoms with E-state index in [1.165, 1.54) is 0 Å². The van der Waals surface area contributed by atoms with Crippen LogP contribution in [-0.4, -0.2) is 49.7 Å². The van der Waals surface area contributed by atoms with Crippen molar-refractivity contribution >= 4 is 11.6 Å². The van der Waals surface area contributed by atoms with Crippen LogP contribution < -0.4 is 10.2 Å². The lowest BCUT2D eigenvalue weighted by atomic mass is 10.2. The van der Waals surface area contributed by atoms with E-state index in [-0.39, 0.29) is 11.6 Å². The fourth-order valence-corrected chi connectivity index (χ4v) is 2.51. The third kappa shape index (κ3) is 3.36. The first-order chi connectivity index (χ1) is 9.51. The van der Waals surface area contributed by atoms with Gasteiger partial charge in [-0.2, -0.15) is 0 Å². The maximum absolute atomic E-state index is 13.9. The first-order valence-corrected chi connectivity index (χ1v) is 7.02. The van der Waals surface area contributed by atoms with Gasteiger partial charge < -0.3 is 10.2 Å². The van der Waals surface area contributed by atoms with Gasteiger partial charge in [-0.1, -0.05) is 13.8 Å². The second kappa shape index (κ2) is 6.35. The zero-order valence-electron chi connectivity index (χ0n) is 12.3. The van der Waals surface area contributed by atoms with Gasteiger partial charge in [0.05, 0.1) is 0 Å². The number of hydrogen-bond acceptors (Lipinski definition) is 4. The number of nitrogens with zero attached hydrogens (tertiary/aromatic N) is 3. The quantitative estimate of drug-likeness (QED) is 0.918. The molecule has 0 aromatic carbocycles. The van der Waals surface area contributed by atoms with Crippen LogP contribution in [0.4, 0.5) is 20.4 Å². The van der Waals surface area contributed by atoms with Crippen LogP contribution in [0, 0.1) is 17.6 Å². The van der Waals surface area contributed by atoms with Gasteiger partial charge in [-0.15, -0.1) is 0 Å². The monoisotopic (exact) mass is 284 g/mol. The summed E-state index contributed by atoms with van der Waals surface area (Å²) in [6.45, 7) is 8.61. The van der Waals surface area contributed by atoms with Gasteiger partial charge in [0, 0.05) is 45.8 Å². The minimum Gasteiger partial charge on any atom is -0.371 e. The molecule has 0 saturated carbocycles. The maximum Gasteiger partial charge on any atom is 0.168 e. The molecule has 4 nitrogen and oxygen atoms in total.